The van der Waals surface area contributed by atoms with Crippen molar-refractivity contribution in [2.45, 2.75) is 33.9 Å². The van der Waals surface area contributed by atoms with Crippen LogP contribution in [0, 0.1) is 11.3 Å². The van der Waals surface area contributed by atoms with Gasteiger partial charge in [-0.2, -0.15) is 20.1 Å². The van der Waals surface area contributed by atoms with Gasteiger partial charge in [0.1, 0.15) is 0 Å². The van der Waals surface area contributed by atoms with Crippen LogP contribution in [0.2, 0.25) is 0 Å². The van der Waals surface area contributed by atoms with Crippen LogP contribution in [0.5, 0.6) is 0 Å². The van der Waals surface area contributed by atoms with Gasteiger partial charge in [-0.3, -0.25) is 4.79 Å². The molecule has 0 spiro atoms. The normalized spacial score (nSPS) is 12.2. The van der Waals surface area contributed by atoms with Gasteiger partial charge < -0.3 is 10.1 Å². The summed E-state index contributed by atoms with van der Waals surface area (Å²) >= 11 is 1.54. The first-order valence-corrected chi connectivity index (χ1v) is 6.80. The van der Waals surface area contributed by atoms with Crippen LogP contribution in [0.15, 0.2) is 16.8 Å². The van der Waals surface area contributed by atoms with Crippen molar-refractivity contribution < 1.29 is 18.3 Å². The molecule has 0 saturated heterocycles. The lowest BCUT2D eigenvalue weighted by molar-refractivity contribution is -0.137. The number of ether oxygens (including phenoxy) is 1. The minimum Gasteiger partial charge on any atom is -0.351 e. The largest absolute Gasteiger partial charge is 0.351 e. The maximum Gasteiger partial charge on any atom is 0.345 e. The molecule has 0 fully saturated rings. The Labute approximate surface area is 116 Å². The Bertz CT molecular complexity index is 388. The van der Waals surface area contributed by atoms with Crippen LogP contribution in [0.1, 0.15) is 26.3 Å². The molecular formula is C13H18F2NO2S. The van der Waals surface area contributed by atoms with E-state index in [1.807, 2.05) is 16.8 Å². The number of carbonyl (C=O) groups excluding carboxylic acids is 1. The molecule has 3 nitrogen and oxygen atoms in total. The van der Waals surface area contributed by atoms with E-state index in [4.69, 9.17) is 0 Å². The Morgan fingerprint density at radius 3 is 2.63 bits per heavy atom. The maximum atomic E-state index is 12.1. The second-order valence-electron chi connectivity index (χ2n) is 5.11. The van der Waals surface area contributed by atoms with Gasteiger partial charge in [0.25, 0.3) is 0 Å². The van der Waals surface area contributed by atoms with Crippen LogP contribution in [-0.2, 0) is 16.1 Å². The molecule has 19 heavy (non-hydrogen) atoms. The summed E-state index contributed by atoms with van der Waals surface area (Å²) in [6.45, 7) is 2.53. The first kappa shape index (κ1) is 16.0. The molecule has 0 bridgehead atoms. The molecule has 0 aliphatic heterocycles. The standard InChI is InChI=1S/C13H18F2NO2S/c1-13(2,3)10(7-18-12(14)15)11(17)16-6-9-4-5-19-8-9/h4-5,8,12H,6-7H2,1-3H3,(H,16,17). The number of alkyl halides is 2. The van der Waals surface area contributed by atoms with Crippen molar-refractivity contribution in [3.63, 3.8) is 0 Å². The number of hydrogen-bond acceptors (Lipinski definition) is 3. The van der Waals surface area contributed by atoms with Crippen molar-refractivity contribution >= 4 is 17.2 Å². The summed E-state index contributed by atoms with van der Waals surface area (Å²) in [7, 11) is 0. The zero-order valence-electron chi connectivity index (χ0n) is 11.2. The average molecular weight is 290 g/mol. The Morgan fingerprint density at radius 1 is 1.47 bits per heavy atom. The van der Waals surface area contributed by atoms with E-state index in [0.717, 1.165) is 5.56 Å². The van der Waals surface area contributed by atoms with E-state index < -0.39 is 12.0 Å². The van der Waals surface area contributed by atoms with Crippen molar-refractivity contribution in [2.75, 3.05) is 6.61 Å². The lowest BCUT2D eigenvalue weighted by Gasteiger charge is -2.28. The van der Waals surface area contributed by atoms with Gasteiger partial charge in [0.05, 0.1) is 12.5 Å². The molecule has 1 aromatic rings. The van der Waals surface area contributed by atoms with Gasteiger partial charge in [-0.25, -0.2) is 0 Å². The molecule has 0 saturated carbocycles. The summed E-state index contributed by atoms with van der Waals surface area (Å²) in [4.78, 5) is 12.0. The van der Waals surface area contributed by atoms with Crippen molar-refractivity contribution in [3.8, 4) is 0 Å². The van der Waals surface area contributed by atoms with Crippen molar-refractivity contribution in [2.24, 2.45) is 5.41 Å². The van der Waals surface area contributed by atoms with Gasteiger partial charge in [0, 0.05) is 6.54 Å². The summed E-state index contributed by atoms with van der Waals surface area (Å²) in [6, 6.07) is 1.90. The lowest BCUT2D eigenvalue weighted by atomic mass is 9.80. The molecular weight excluding hydrogens is 272 g/mol. The van der Waals surface area contributed by atoms with E-state index in [9.17, 15) is 13.6 Å². The molecule has 0 aromatic carbocycles. The summed E-state index contributed by atoms with van der Waals surface area (Å²) in [5, 5.41) is 6.56. The van der Waals surface area contributed by atoms with Crippen molar-refractivity contribution in [3.05, 3.63) is 28.3 Å². The molecule has 0 aliphatic carbocycles. The summed E-state index contributed by atoms with van der Waals surface area (Å²) in [5.74, 6) is -0.0395. The van der Waals surface area contributed by atoms with Gasteiger partial charge >= 0.3 is 6.61 Å². The molecule has 0 aliphatic rings. The highest BCUT2D eigenvalue weighted by Crippen LogP contribution is 2.29. The number of halogens is 2. The van der Waals surface area contributed by atoms with Crippen LogP contribution in [0.3, 0.4) is 0 Å². The fourth-order valence-electron chi connectivity index (χ4n) is 1.45. The smallest absolute Gasteiger partial charge is 0.345 e. The molecule has 1 aromatic heterocycles. The highest BCUT2D eigenvalue weighted by atomic mass is 32.1. The Balaban J connectivity index is 2.56. The van der Waals surface area contributed by atoms with Crippen LogP contribution in [0.25, 0.3) is 0 Å². The minimum absolute atomic E-state index is 0.308. The van der Waals surface area contributed by atoms with Gasteiger partial charge in [-0.15, -0.1) is 0 Å². The van der Waals surface area contributed by atoms with Gasteiger partial charge in [0.15, 0.2) is 0 Å². The zero-order chi connectivity index (χ0) is 14.5. The summed E-state index contributed by atoms with van der Waals surface area (Å²) < 4.78 is 28.4. The summed E-state index contributed by atoms with van der Waals surface area (Å²) in [5.41, 5.74) is 0.467. The fourth-order valence-corrected chi connectivity index (χ4v) is 2.12. The maximum absolute atomic E-state index is 12.1. The van der Waals surface area contributed by atoms with E-state index in [2.05, 4.69) is 10.1 Å². The quantitative estimate of drug-likeness (QED) is 0.873. The molecule has 1 amide bonds. The Kier molecular flexibility index (Phi) is 5.87. The topological polar surface area (TPSA) is 38.3 Å². The number of carbonyl (C=O) groups is 1. The third-order valence-electron chi connectivity index (χ3n) is 2.57. The number of hydrogen-bond donors (Lipinski definition) is 1. The van der Waals surface area contributed by atoms with E-state index in [0.29, 0.717) is 12.5 Å². The number of thiophene rings is 1. The third-order valence-corrected chi connectivity index (χ3v) is 3.30. The number of rotatable bonds is 6. The second-order valence-corrected chi connectivity index (χ2v) is 5.89. The third kappa shape index (κ3) is 5.65. The Hall–Kier alpha value is -1.01. The second kappa shape index (κ2) is 6.96. The zero-order valence-corrected chi connectivity index (χ0v) is 12.0. The number of amides is 1. The predicted molar refractivity (Wildman–Crippen MR) is 70.8 cm³/mol. The van der Waals surface area contributed by atoms with Crippen LogP contribution >= 0.6 is 11.3 Å². The molecule has 1 N–H and O–H groups in total. The van der Waals surface area contributed by atoms with Crippen LogP contribution < -0.4 is 5.32 Å². The molecule has 1 radical (unpaired) electrons. The predicted octanol–water partition coefficient (Wildman–Crippen LogP) is 3.22. The van der Waals surface area contributed by atoms with Gasteiger partial charge in [0.2, 0.25) is 5.91 Å². The van der Waals surface area contributed by atoms with Crippen LogP contribution in [0.4, 0.5) is 8.78 Å². The SMILES string of the molecule is CC(C)(C)[C](COC(F)F)C(=O)NCc1ccsc1. The highest BCUT2D eigenvalue weighted by Gasteiger charge is 2.33. The first-order valence-electron chi connectivity index (χ1n) is 5.86. The summed E-state index contributed by atoms with van der Waals surface area (Å²) in [6.07, 6.45) is 0. The van der Waals surface area contributed by atoms with Crippen molar-refractivity contribution in [1.82, 2.24) is 5.32 Å². The molecule has 1 rings (SSSR count). The van der Waals surface area contributed by atoms with Crippen LogP contribution in [-0.4, -0.2) is 19.1 Å². The average Bonchev–Trinajstić information content (AvgIpc) is 2.76. The highest BCUT2D eigenvalue weighted by molar-refractivity contribution is 7.07. The molecule has 1 heterocycles. The molecule has 107 valence electrons. The monoisotopic (exact) mass is 290 g/mol. The Morgan fingerprint density at radius 2 is 2.16 bits per heavy atom. The van der Waals surface area contributed by atoms with E-state index in [-0.39, 0.29) is 12.5 Å². The van der Waals surface area contributed by atoms with E-state index in [1.165, 1.54) is 11.3 Å². The molecule has 6 heteroatoms. The molecule has 0 atom stereocenters. The molecule has 0 unspecified atom stereocenters. The van der Waals surface area contributed by atoms with E-state index >= 15 is 0 Å². The van der Waals surface area contributed by atoms with Gasteiger partial charge in [-0.05, 0) is 27.8 Å². The van der Waals surface area contributed by atoms with E-state index in [1.54, 1.807) is 20.8 Å². The lowest BCUT2D eigenvalue weighted by Crippen LogP contribution is -2.39. The first-order chi connectivity index (χ1) is 8.80. The van der Waals surface area contributed by atoms with Gasteiger partial charge in [-0.1, -0.05) is 20.8 Å². The fraction of sp³-hybridized carbons (Fsp3) is 0.538. The minimum atomic E-state index is -2.87. The number of nitrogens with one attached hydrogen (secondary N) is 1. The van der Waals surface area contributed by atoms with Crippen molar-refractivity contribution in [1.29, 1.82) is 0 Å².